The maximum absolute atomic E-state index is 13.7. The molecule has 0 aliphatic carbocycles. The number of nitrogens with zero attached hydrogens (tertiary/aromatic N) is 1. The molecule has 0 amide bonds. The minimum atomic E-state index is -0.121. The Hall–Kier alpha value is -1.09. The molecule has 1 aliphatic rings. The zero-order valence-corrected chi connectivity index (χ0v) is 12.1. The lowest BCUT2D eigenvalue weighted by molar-refractivity contribution is 0.404. The van der Waals surface area contributed by atoms with Crippen LogP contribution in [-0.2, 0) is 6.54 Å². The summed E-state index contributed by atoms with van der Waals surface area (Å²) >= 11 is 0. The van der Waals surface area contributed by atoms with E-state index in [2.05, 4.69) is 30.1 Å². The molecule has 106 valence electrons. The molecule has 1 N–H and O–H groups in total. The van der Waals surface area contributed by atoms with Gasteiger partial charge < -0.3 is 10.2 Å². The van der Waals surface area contributed by atoms with E-state index >= 15 is 0 Å². The third kappa shape index (κ3) is 3.93. The highest BCUT2D eigenvalue weighted by atomic mass is 19.1. The normalized spacial score (nSPS) is 19.7. The molecule has 0 bridgehead atoms. The summed E-state index contributed by atoms with van der Waals surface area (Å²) in [6.45, 7) is 8.09. The molecule has 1 fully saturated rings. The number of piperidine rings is 1. The van der Waals surface area contributed by atoms with Crippen LogP contribution >= 0.6 is 0 Å². The zero-order valence-electron chi connectivity index (χ0n) is 12.1. The van der Waals surface area contributed by atoms with Gasteiger partial charge in [0.25, 0.3) is 0 Å². The Morgan fingerprint density at radius 2 is 2.16 bits per heavy atom. The Balaban J connectivity index is 2.11. The third-order valence-electron chi connectivity index (χ3n) is 3.98. The fourth-order valence-electron chi connectivity index (χ4n) is 2.82. The molecular formula is C16H25FN2. The van der Waals surface area contributed by atoms with Gasteiger partial charge in [-0.1, -0.05) is 20.3 Å². The largest absolute Gasteiger partial charge is 0.371 e. The molecule has 0 saturated carbocycles. The van der Waals surface area contributed by atoms with Crippen molar-refractivity contribution in [2.75, 3.05) is 24.5 Å². The van der Waals surface area contributed by atoms with Gasteiger partial charge in [-0.05, 0) is 49.1 Å². The number of halogens is 1. The van der Waals surface area contributed by atoms with Crippen LogP contribution in [0.4, 0.5) is 10.1 Å². The quantitative estimate of drug-likeness (QED) is 0.874. The molecule has 1 aliphatic heterocycles. The highest BCUT2D eigenvalue weighted by Gasteiger charge is 2.19. The predicted molar refractivity (Wildman–Crippen MR) is 79.0 cm³/mol. The van der Waals surface area contributed by atoms with E-state index in [1.807, 2.05) is 0 Å². The number of hydrogen-bond acceptors (Lipinski definition) is 2. The molecule has 19 heavy (non-hydrogen) atoms. The standard InChI is InChI=1S/C16H25FN2/c1-3-13-6-5-7-19(12-13)16-9-14(11-18-4-2)8-15(17)10-16/h8-10,13,18H,3-7,11-12H2,1-2H3. The molecule has 1 atom stereocenters. The lowest BCUT2D eigenvalue weighted by atomic mass is 9.95. The van der Waals surface area contributed by atoms with Crippen molar-refractivity contribution in [3.63, 3.8) is 0 Å². The Kier molecular flexibility index (Phi) is 5.20. The van der Waals surface area contributed by atoms with Crippen LogP contribution in [0.1, 0.15) is 38.7 Å². The average molecular weight is 264 g/mol. The van der Waals surface area contributed by atoms with Crippen LogP contribution in [0.5, 0.6) is 0 Å². The molecule has 3 heteroatoms. The molecule has 0 radical (unpaired) electrons. The summed E-state index contributed by atoms with van der Waals surface area (Å²) in [6, 6.07) is 5.44. The molecule has 1 aromatic rings. The van der Waals surface area contributed by atoms with Crippen LogP contribution in [0.2, 0.25) is 0 Å². The number of rotatable bonds is 5. The van der Waals surface area contributed by atoms with Crippen LogP contribution < -0.4 is 10.2 Å². The number of hydrogen-bond donors (Lipinski definition) is 1. The first kappa shape index (κ1) is 14.3. The molecular weight excluding hydrogens is 239 g/mol. The van der Waals surface area contributed by atoms with Gasteiger partial charge in [0.05, 0.1) is 0 Å². The fourth-order valence-corrected chi connectivity index (χ4v) is 2.82. The van der Waals surface area contributed by atoms with Gasteiger partial charge in [-0.2, -0.15) is 0 Å². The number of nitrogens with one attached hydrogen (secondary N) is 1. The topological polar surface area (TPSA) is 15.3 Å². The van der Waals surface area contributed by atoms with Crippen molar-refractivity contribution in [1.29, 1.82) is 0 Å². The summed E-state index contributed by atoms with van der Waals surface area (Å²) in [5, 5.41) is 3.26. The molecule has 1 heterocycles. The SMILES string of the molecule is CCNCc1cc(F)cc(N2CCCC(CC)C2)c1. The highest BCUT2D eigenvalue weighted by molar-refractivity contribution is 5.49. The molecule has 1 saturated heterocycles. The van der Waals surface area contributed by atoms with Crippen molar-refractivity contribution in [3.05, 3.63) is 29.6 Å². The first-order valence-corrected chi connectivity index (χ1v) is 7.48. The summed E-state index contributed by atoms with van der Waals surface area (Å²) in [6.07, 6.45) is 3.75. The van der Waals surface area contributed by atoms with Crippen LogP contribution in [0.25, 0.3) is 0 Å². The molecule has 1 aromatic carbocycles. The van der Waals surface area contributed by atoms with E-state index in [9.17, 15) is 4.39 Å². The van der Waals surface area contributed by atoms with E-state index in [0.717, 1.165) is 43.3 Å². The van der Waals surface area contributed by atoms with Gasteiger partial charge in [-0.15, -0.1) is 0 Å². The second-order valence-corrected chi connectivity index (χ2v) is 5.46. The summed E-state index contributed by atoms with van der Waals surface area (Å²) in [5.74, 6) is 0.637. The second-order valence-electron chi connectivity index (χ2n) is 5.46. The fraction of sp³-hybridized carbons (Fsp3) is 0.625. The molecule has 1 unspecified atom stereocenters. The number of anilines is 1. The lowest BCUT2D eigenvalue weighted by Gasteiger charge is -2.34. The first-order valence-electron chi connectivity index (χ1n) is 7.48. The zero-order chi connectivity index (χ0) is 13.7. The molecule has 0 aromatic heterocycles. The van der Waals surface area contributed by atoms with E-state index in [1.54, 1.807) is 12.1 Å². The van der Waals surface area contributed by atoms with Gasteiger partial charge in [-0.25, -0.2) is 4.39 Å². The van der Waals surface area contributed by atoms with Gasteiger partial charge in [-0.3, -0.25) is 0 Å². The van der Waals surface area contributed by atoms with Crippen molar-refractivity contribution < 1.29 is 4.39 Å². The summed E-state index contributed by atoms with van der Waals surface area (Å²) in [5.41, 5.74) is 2.08. The van der Waals surface area contributed by atoms with Crippen molar-refractivity contribution in [2.45, 2.75) is 39.7 Å². The maximum Gasteiger partial charge on any atom is 0.125 e. The molecule has 0 spiro atoms. The average Bonchev–Trinajstić information content (AvgIpc) is 2.44. The first-order chi connectivity index (χ1) is 9.22. The van der Waals surface area contributed by atoms with E-state index in [0.29, 0.717) is 0 Å². The van der Waals surface area contributed by atoms with E-state index in [4.69, 9.17) is 0 Å². The van der Waals surface area contributed by atoms with Gasteiger partial charge in [0.15, 0.2) is 0 Å². The van der Waals surface area contributed by atoms with Crippen molar-refractivity contribution in [2.24, 2.45) is 5.92 Å². The van der Waals surface area contributed by atoms with E-state index in [1.165, 1.54) is 19.3 Å². The van der Waals surface area contributed by atoms with Crippen molar-refractivity contribution in [3.8, 4) is 0 Å². The highest BCUT2D eigenvalue weighted by Crippen LogP contribution is 2.26. The van der Waals surface area contributed by atoms with Gasteiger partial charge in [0.2, 0.25) is 0 Å². The smallest absolute Gasteiger partial charge is 0.125 e. The van der Waals surface area contributed by atoms with Gasteiger partial charge in [0.1, 0.15) is 5.82 Å². The van der Waals surface area contributed by atoms with Crippen LogP contribution in [-0.4, -0.2) is 19.6 Å². The second kappa shape index (κ2) is 6.90. The van der Waals surface area contributed by atoms with E-state index < -0.39 is 0 Å². The van der Waals surface area contributed by atoms with Gasteiger partial charge >= 0.3 is 0 Å². The van der Waals surface area contributed by atoms with Crippen LogP contribution in [0.3, 0.4) is 0 Å². The predicted octanol–water partition coefficient (Wildman–Crippen LogP) is 3.56. The van der Waals surface area contributed by atoms with Crippen molar-refractivity contribution in [1.82, 2.24) is 5.32 Å². The molecule has 2 nitrogen and oxygen atoms in total. The Labute approximate surface area is 116 Å². The summed E-state index contributed by atoms with van der Waals surface area (Å²) in [7, 11) is 0. The number of benzene rings is 1. The van der Waals surface area contributed by atoms with E-state index in [-0.39, 0.29) is 5.82 Å². The lowest BCUT2D eigenvalue weighted by Crippen LogP contribution is -2.35. The minimum absolute atomic E-state index is 0.121. The summed E-state index contributed by atoms with van der Waals surface area (Å²) < 4.78 is 13.7. The third-order valence-corrected chi connectivity index (χ3v) is 3.98. The summed E-state index contributed by atoms with van der Waals surface area (Å²) in [4.78, 5) is 2.34. The molecule has 2 rings (SSSR count). The monoisotopic (exact) mass is 264 g/mol. The Morgan fingerprint density at radius 1 is 1.32 bits per heavy atom. The Morgan fingerprint density at radius 3 is 2.89 bits per heavy atom. The van der Waals surface area contributed by atoms with Crippen LogP contribution in [0, 0.1) is 11.7 Å². The Bertz CT molecular complexity index is 406. The minimum Gasteiger partial charge on any atom is -0.371 e. The van der Waals surface area contributed by atoms with Crippen molar-refractivity contribution >= 4 is 5.69 Å². The van der Waals surface area contributed by atoms with Crippen LogP contribution in [0.15, 0.2) is 18.2 Å². The maximum atomic E-state index is 13.7. The van der Waals surface area contributed by atoms with Gasteiger partial charge in [0, 0.05) is 25.3 Å².